The van der Waals surface area contributed by atoms with Gasteiger partial charge in [0.25, 0.3) is 0 Å². The molecule has 1 aromatic rings. The lowest BCUT2D eigenvalue weighted by Crippen LogP contribution is -1.86. The maximum atomic E-state index is 8.41. The van der Waals surface area contributed by atoms with E-state index in [4.69, 9.17) is 5.26 Å². The van der Waals surface area contributed by atoms with Crippen molar-refractivity contribution in [2.75, 3.05) is 12.4 Å². The molecule has 1 N–H and O–H groups in total. The highest BCUT2D eigenvalue weighted by atomic mass is 14.8. The highest BCUT2D eigenvalue weighted by Gasteiger charge is 1.88. The first-order chi connectivity index (χ1) is 4.86. The number of nitrogens with one attached hydrogen (secondary N) is 1. The van der Waals surface area contributed by atoms with Crippen molar-refractivity contribution >= 4 is 5.69 Å². The van der Waals surface area contributed by atoms with E-state index in [0.29, 0.717) is 5.56 Å². The van der Waals surface area contributed by atoms with E-state index in [1.54, 1.807) is 12.1 Å². The van der Waals surface area contributed by atoms with Crippen molar-refractivity contribution in [3.63, 3.8) is 0 Å². The zero-order valence-electron chi connectivity index (χ0n) is 5.68. The molecule has 0 heterocycles. The second-order valence-electron chi connectivity index (χ2n) is 1.85. The van der Waals surface area contributed by atoms with Gasteiger partial charge in [0.2, 0.25) is 0 Å². The summed E-state index contributed by atoms with van der Waals surface area (Å²) in [7, 11) is 1.82. The van der Waals surface area contributed by atoms with Gasteiger partial charge in [-0.3, -0.25) is 0 Å². The molecule has 0 spiro atoms. The van der Waals surface area contributed by atoms with Crippen LogP contribution in [0.5, 0.6) is 0 Å². The number of rotatable bonds is 1. The molecule has 2 heteroatoms. The van der Waals surface area contributed by atoms with E-state index in [1.165, 1.54) is 0 Å². The number of nitriles is 1. The molecule has 0 aliphatic heterocycles. The molecule has 0 amide bonds. The van der Waals surface area contributed by atoms with E-state index in [-0.39, 0.29) is 0 Å². The van der Waals surface area contributed by atoms with Gasteiger partial charge in [0.15, 0.2) is 0 Å². The Balaban J connectivity index is 2.93. The third-order valence-electron chi connectivity index (χ3n) is 1.21. The van der Waals surface area contributed by atoms with Crippen molar-refractivity contribution in [1.29, 1.82) is 5.26 Å². The van der Waals surface area contributed by atoms with Crippen LogP contribution in [0.15, 0.2) is 18.2 Å². The van der Waals surface area contributed by atoms with E-state index in [1.807, 2.05) is 19.2 Å². The van der Waals surface area contributed by atoms with Crippen molar-refractivity contribution in [3.05, 3.63) is 29.8 Å². The molecule has 0 saturated carbocycles. The van der Waals surface area contributed by atoms with Gasteiger partial charge in [-0.25, -0.2) is 0 Å². The molecule has 0 fully saturated rings. The van der Waals surface area contributed by atoms with Gasteiger partial charge in [-0.05, 0) is 18.2 Å². The maximum absolute atomic E-state index is 8.41. The molecule has 0 aliphatic carbocycles. The van der Waals surface area contributed by atoms with Crippen LogP contribution < -0.4 is 5.32 Å². The van der Waals surface area contributed by atoms with E-state index in [0.717, 1.165) is 5.69 Å². The fraction of sp³-hybridized carbons (Fsp3) is 0.125. The highest BCUT2D eigenvalue weighted by Crippen LogP contribution is 2.05. The van der Waals surface area contributed by atoms with Crippen LogP contribution in [0.2, 0.25) is 0 Å². The Morgan fingerprint density at radius 3 is 2.80 bits per heavy atom. The minimum Gasteiger partial charge on any atom is -0.388 e. The lowest BCUT2D eigenvalue weighted by atomic mass is 10.2. The summed E-state index contributed by atoms with van der Waals surface area (Å²) in [6, 6.07) is 10.2. The fourth-order valence-corrected chi connectivity index (χ4v) is 0.650. The summed E-state index contributed by atoms with van der Waals surface area (Å²) in [5.41, 5.74) is 1.54. The fourth-order valence-electron chi connectivity index (χ4n) is 0.650. The molecule has 1 rings (SSSR count). The van der Waals surface area contributed by atoms with Gasteiger partial charge >= 0.3 is 0 Å². The van der Waals surface area contributed by atoms with Crippen molar-refractivity contribution in [2.24, 2.45) is 0 Å². The molecule has 10 heavy (non-hydrogen) atoms. The Labute approximate surface area is 60.1 Å². The van der Waals surface area contributed by atoms with Crippen LogP contribution in [0.1, 0.15) is 5.56 Å². The summed E-state index contributed by atoms with van der Waals surface area (Å²) in [4.78, 5) is 0. The number of nitrogens with zero attached hydrogens (tertiary/aromatic N) is 1. The topological polar surface area (TPSA) is 35.8 Å². The molecule has 0 aliphatic rings. The number of hydrogen-bond donors (Lipinski definition) is 1. The largest absolute Gasteiger partial charge is 0.388 e. The Hall–Kier alpha value is -1.49. The Bertz CT molecular complexity index is 243. The van der Waals surface area contributed by atoms with Gasteiger partial charge < -0.3 is 5.32 Å². The highest BCUT2D eigenvalue weighted by molar-refractivity contribution is 5.45. The molecule has 0 aromatic heterocycles. The second kappa shape index (κ2) is 2.88. The predicted molar refractivity (Wildman–Crippen MR) is 39.5 cm³/mol. The Kier molecular flexibility index (Phi) is 1.91. The van der Waals surface area contributed by atoms with Crippen molar-refractivity contribution < 1.29 is 0 Å². The van der Waals surface area contributed by atoms with Crippen LogP contribution in [0.4, 0.5) is 5.69 Å². The van der Waals surface area contributed by atoms with E-state index >= 15 is 0 Å². The molecular formula is C8H7N2. The Morgan fingerprint density at radius 1 is 1.60 bits per heavy atom. The third-order valence-corrected chi connectivity index (χ3v) is 1.21. The molecular weight excluding hydrogens is 124 g/mol. The lowest BCUT2D eigenvalue weighted by Gasteiger charge is -1.95. The first-order valence-corrected chi connectivity index (χ1v) is 2.96. The molecule has 0 bridgehead atoms. The van der Waals surface area contributed by atoms with Gasteiger partial charge in [0, 0.05) is 18.8 Å². The van der Waals surface area contributed by atoms with Gasteiger partial charge in [0.1, 0.15) is 0 Å². The molecule has 49 valence electrons. The first kappa shape index (κ1) is 6.63. The molecule has 2 nitrogen and oxygen atoms in total. The molecule has 1 radical (unpaired) electrons. The molecule has 0 atom stereocenters. The summed E-state index contributed by atoms with van der Waals surface area (Å²) in [6.07, 6.45) is 0. The van der Waals surface area contributed by atoms with Gasteiger partial charge in [0.05, 0.1) is 11.6 Å². The lowest BCUT2D eigenvalue weighted by molar-refractivity contribution is 1.46. The molecule has 0 saturated heterocycles. The molecule has 0 unspecified atom stereocenters. The van der Waals surface area contributed by atoms with Crippen LogP contribution in [0, 0.1) is 17.4 Å². The predicted octanol–water partition coefficient (Wildman–Crippen LogP) is 1.40. The average molecular weight is 131 g/mol. The summed E-state index contributed by atoms with van der Waals surface area (Å²) < 4.78 is 0. The minimum absolute atomic E-state index is 0.638. The quantitative estimate of drug-likeness (QED) is 0.625. The first-order valence-electron chi connectivity index (χ1n) is 2.96. The van der Waals surface area contributed by atoms with E-state index in [9.17, 15) is 0 Å². The summed E-state index contributed by atoms with van der Waals surface area (Å²) in [5.74, 6) is 0. The zero-order chi connectivity index (χ0) is 7.40. The van der Waals surface area contributed by atoms with Gasteiger partial charge in [-0.15, -0.1) is 0 Å². The summed E-state index contributed by atoms with van der Waals surface area (Å²) >= 11 is 0. The standard InChI is InChI=1S/C8H7N2/c1-10-8-4-2-7(6-9)3-5-8/h2-4,10H,1H3. The summed E-state index contributed by atoms with van der Waals surface area (Å²) in [5, 5.41) is 11.3. The zero-order valence-corrected chi connectivity index (χ0v) is 5.68. The van der Waals surface area contributed by atoms with Crippen molar-refractivity contribution in [3.8, 4) is 6.07 Å². The van der Waals surface area contributed by atoms with Crippen LogP contribution >= 0.6 is 0 Å². The van der Waals surface area contributed by atoms with E-state index < -0.39 is 0 Å². The second-order valence-corrected chi connectivity index (χ2v) is 1.85. The smallest absolute Gasteiger partial charge is 0.0991 e. The van der Waals surface area contributed by atoms with E-state index in [2.05, 4.69) is 11.4 Å². The van der Waals surface area contributed by atoms with Crippen LogP contribution in [-0.2, 0) is 0 Å². The van der Waals surface area contributed by atoms with Gasteiger partial charge in [-0.1, -0.05) is 0 Å². The summed E-state index contributed by atoms with van der Waals surface area (Å²) in [6.45, 7) is 0. The van der Waals surface area contributed by atoms with Crippen LogP contribution in [-0.4, -0.2) is 7.05 Å². The van der Waals surface area contributed by atoms with Crippen LogP contribution in [0.3, 0.4) is 0 Å². The van der Waals surface area contributed by atoms with Gasteiger partial charge in [-0.2, -0.15) is 5.26 Å². The van der Waals surface area contributed by atoms with Crippen molar-refractivity contribution in [1.82, 2.24) is 0 Å². The monoisotopic (exact) mass is 131 g/mol. The number of benzene rings is 1. The average Bonchev–Trinajstić information content (AvgIpc) is 2.05. The number of hydrogen-bond acceptors (Lipinski definition) is 2. The minimum atomic E-state index is 0.638. The SMILES string of the molecule is CNc1[c]cc(C#N)cc1. The number of anilines is 1. The Morgan fingerprint density at radius 2 is 2.40 bits per heavy atom. The van der Waals surface area contributed by atoms with Crippen molar-refractivity contribution in [2.45, 2.75) is 0 Å². The normalized spacial score (nSPS) is 8.40. The van der Waals surface area contributed by atoms with Crippen LogP contribution in [0.25, 0.3) is 0 Å². The molecule has 1 aromatic carbocycles. The maximum Gasteiger partial charge on any atom is 0.0991 e. The third kappa shape index (κ3) is 1.26.